The third kappa shape index (κ3) is 5.30. The molecule has 36 heavy (non-hydrogen) atoms. The van der Waals surface area contributed by atoms with Crippen LogP contribution in [0.1, 0.15) is 83.6 Å². The van der Waals surface area contributed by atoms with Crippen molar-refractivity contribution in [2.45, 2.75) is 90.2 Å². The molecule has 0 spiro atoms. The van der Waals surface area contributed by atoms with Crippen molar-refractivity contribution in [3.05, 3.63) is 46.5 Å². The lowest BCUT2D eigenvalue weighted by Gasteiger charge is -2.36. The minimum atomic E-state index is -0.788. The topological polar surface area (TPSA) is 98.1 Å². The van der Waals surface area contributed by atoms with Gasteiger partial charge in [-0.05, 0) is 57.1 Å². The van der Waals surface area contributed by atoms with Crippen molar-refractivity contribution in [1.29, 1.82) is 0 Å². The predicted molar refractivity (Wildman–Crippen MR) is 140 cm³/mol. The van der Waals surface area contributed by atoms with E-state index in [1.54, 1.807) is 12.1 Å². The molecule has 1 saturated carbocycles. The molecule has 0 aromatic heterocycles. The van der Waals surface area contributed by atoms with E-state index in [-0.39, 0.29) is 30.2 Å². The van der Waals surface area contributed by atoms with Crippen LogP contribution in [0, 0.1) is 17.8 Å². The molecule has 196 valence electrons. The van der Waals surface area contributed by atoms with E-state index in [2.05, 4.69) is 6.92 Å². The number of carbonyl (C=O) groups is 2. The van der Waals surface area contributed by atoms with Gasteiger partial charge in [0.05, 0.1) is 24.5 Å². The number of phenols is 1. The third-order valence-corrected chi connectivity index (χ3v) is 8.42. The van der Waals surface area contributed by atoms with Crippen molar-refractivity contribution in [2.75, 3.05) is 6.61 Å². The van der Waals surface area contributed by atoms with E-state index in [4.69, 9.17) is 0 Å². The third-order valence-electron chi connectivity index (χ3n) is 8.42. The number of hydrogen-bond acceptors (Lipinski definition) is 5. The second kappa shape index (κ2) is 11.7. The van der Waals surface area contributed by atoms with Crippen LogP contribution in [0.3, 0.4) is 0 Å². The number of rotatable bonds is 9. The number of benzene rings is 1. The molecule has 2 fully saturated rings. The molecular weight excluding hydrogens is 454 g/mol. The standard InChI is InChI=1S/C30H41NO5/c1-3-9-21-17-23-28(30(36)31(29(23)35)22-11-5-4-6-12-22)24(18-32)27(21)26(34)15-14-19(2)16-20-10-7-8-13-25(20)33/h7-8,10,13,16,22-24,26,28,32-34H,3-6,9,11-12,14-15,17-18H2,1-2H3/b19-16+/t23-,24+,26-,28-/m1/s1. The maximum atomic E-state index is 13.6. The minimum absolute atomic E-state index is 0.0196. The van der Waals surface area contributed by atoms with Crippen LogP contribution in [-0.4, -0.2) is 50.8 Å². The number of hydrogen-bond donors (Lipinski definition) is 3. The number of aliphatic hydroxyl groups is 2. The van der Waals surface area contributed by atoms with E-state index in [0.717, 1.165) is 67.2 Å². The number of nitrogens with zero attached hydrogens (tertiary/aromatic N) is 1. The average molecular weight is 496 g/mol. The molecule has 0 bridgehead atoms. The van der Waals surface area contributed by atoms with Gasteiger partial charge < -0.3 is 15.3 Å². The summed E-state index contributed by atoms with van der Waals surface area (Å²) in [5, 5.41) is 31.9. The number of likely N-dealkylation sites (tertiary alicyclic amines) is 1. The average Bonchev–Trinajstić information content (AvgIpc) is 3.13. The van der Waals surface area contributed by atoms with Gasteiger partial charge in [0.2, 0.25) is 11.8 Å². The Morgan fingerprint density at radius 1 is 1.14 bits per heavy atom. The smallest absolute Gasteiger partial charge is 0.234 e. The Bertz CT molecular complexity index is 1020. The largest absolute Gasteiger partial charge is 0.507 e. The van der Waals surface area contributed by atoms with Crippen LogP contribution in [-0.2, 0) is 9.59 Å². The highest BCUT2D eigenvalue weighted by atomic mass is 16.3. The molecule has 1 aliphatic heterocycles. The second-order valence-corrected chi connectivity index (χ2v) is 10.9. The van der Waals surface area contributed by atoms with Gasteiger partial charge in [0.1, 0.15) is 5.75 Å². The number of fused-ring (bicyclic) bond motifs is 1. The highest BCUT2D eigenvalue weighted by molar-refractivity contribution is 6.06. The number of allylic oxidation sites excluding steroid dienone is 2. The van der Waals surface area contributed by atoms with Gasteiger partial charge in [-0.3, -0.25) is 14.5 Å². The van der Waals surface area contributed by atoms with Crippen molar-refractivity contribution in [1.82, 2.24) is 4.90 Å². The molecule has 6 heteroatoms. The lowest BCUT2D eigenvalue weighted by atomic mass is 9.67. The Morgan fingerprint density at radius 3 is 2.53 bits per heavy atom. The van der Waals surface area contributed by atoms with Crippen LogP contribution < -0.4 is 0 Å². The summed E-state index contributed by atoms with van der Waals surface area (Å²) < 4.78 is 0. The molecule has 0 radical (unpaired) electrons. The first kappa shape index (κ1) is 26.6. The summed E-state index contributed by atoms with van der Waals surface area (Å²) in [6, 6.07) is 7.13. The molecule has 4 rings (SSSR count). The van der Waals surface area contributed by atoms with Crippen LogP contribution in [0.2, 0.25) is 0 Å². The summed E-state index contributed by atoms with van der Waals surface area (Å²) in [4.78, 5) is 28.6. The van der Waals surface area contributed by atoms with E-state index < -0.39 is 23.9 Å². The lowest BCUT2D eigenvalue weighted by Crippen LogP contribution is -2.42. The predicted octanol–water partition coefficient (Wildman–Crippen LogP) is 4.98. The normalized spacial score (nSPS) is 26.5. The van der Waals surface area contributed by atoms with Crippen molar-refractivity contribution in [3.8, 4) is 5.75 Å². The van der Waals surface area contributed by atoms with Crippen molar-refractivity contribution >= 4 is 17.9 Å². The Balaban J connectivity index is 1.55. The van der Waals surface area contributed by atoms with Gasteiger partial charge in [0.25, 0.3) is 0 Å². The van der Waals surface area contributed by atoms with E-state index in [1.165, 1.54) is 4.90 Å². The molecule has 3 aliphatic rings. The van der Waals surface area contributed by atoms with Gasteiger partial charge in [-0.1, -0.05) is 68.0 Å². The number of aromatic hydroxyl groups is 1. The number of para-hydroxylation sites is 1. The minimum Gasteiger partial charge on any atom is -0.507 e. The Labute approximate surface area is 214 Å². The monoisotopic (exact) mass is 495 g/mol. The molecule has 2 aliphatic carbocycles. The zero-order valence-corrected chi connectivity index (χ0v) is 21.7. The Morgan fingerprint density at radius 2 is 1.86 bits per heavy atom. The van der Waals surface area contributed by atoms with E-state index in [0.29, 0.717) is 19.3 Å². The lowest BCUT2D eigenvalue weighted by molar-refractivity contribution is -0.143. The summed E-state index contributed by atoms with van der Waals surface area (Å²) >= 11 is 0. The summed E-state index contributed by atoms with van der Waals surface area (Å²) in [5.74, 6) is -1.51. The molecule has 1 heterocycles. The van der Waals surface area contributed by atoms with E-state index in [1.807, 2.05) is 25.1 Å². The zero-order valence-electron chi connectivity index (χ0n) is 21.7. The fraction of sp³-hybridized carbons (Fsp3) is 0.600. The molecule has 2 amide bonds. The first-order chi connectivity index (χ1) is 17.4. The fourth-order valence-corrected chi connectivity index (χ4v) is 6.69. The highest BCUT2D eigenvalue weighted by Crippen LogP contribution is 2.48. The Kier molecular flexibility index (Phi) is 8.68. The quantitative estimate of drug-likeness (QED) is 0.332. The molecule has 1 aromatic carbocycles. The number of aliphatic hydroxyl groups excluding tert-OH is 2. The van der Waals surface area contributed by atoms with E-state index in [9.17, 15) is 24.9 Å². The molecule has 1 aromatic rings. The van der Waals surface area contributed by atoms with Crippen LogP contribution in [0.5, 0.6) is 5.75 Å². The highest BCUT2D eigenvalue weighted by Gasteiger charge is 2.56. The summed E-state index contributed by atoms with van der Waals surface area (Å²) in [5.41, 5.74) is 3.59. The second-order valence-electron chi connectivity index (χ2n) is 10.9. The SMILES string of the molecule is CCCC1=C([C@H](O)CC/C(C)=C/c2ccccc2O)[C@H](CO)[C@@H]2C(=O)N(C3CCCCC3)C(=O)[C@@H]2C1. The van der Waals surface area contributed by atoms with E-state index >= 15 is 0 Å². The van der Waals surface area contributed by atoms with Gasteiger partial charge in [-0.25, -0.2) is 0 Å². The summed E-state index contributed by atoms with van der Waals surface area (Å²) in [6.45, 7) is 3.80. The molecule has 1 saturated heterocycles. The van der Waals surface area contributed by atoms with Crippen molar-refractivity contribution in [3.63, 3.8) is 0 Å². The number of carbonyl (C=O) groups excluding carboxylic acids is 2. The van der Waals surface area contributed by atoms with Gasteiger partial charge >= 0.3 is 0 Å². The van der Waals surface area contributed by atoms with Crippen LogP contribution >= 0.6 is 0 Å². The zero-order chi connectivity index (χ0) is 25.8. The van der Waals surface area contributed by atoms with Crippen LogP contribution in [0.4, 0.5) is 0 Å². The maximum absolute atomic E-state index is 13.6. The summed E-state index contributed by atoms with van der Waals surface area (Å²) in [6.07, 6.45) is 9.31. The molecular formula is C30H41NO5. The van der Waals surface area contributed by atoms with Gasteiger partial charge in [0, 0.05) is 17.5 Å². The van der Waals surface area contributed by atoms with Gasteiger partial charge in [-0.15, -0.1) is 0 Å². The molecule has 3 N–H and O–H groups in total. The molecule has 4 atom stereocenters. The molecule has 6 nitrogen and oxygen atoms in total. The summed E-state index contributed by atoms with van der Waals surface area (Å²) in [7, 11) is 0. The van der Waals surface area contributed by atoms with Gasteiger partial charge in [-0.2, -0.15) is 0 Å². The van der Waals surface area contributed by atoms with Gasteiger partial charge in [0.15, 0.2) is 0 Å². The number of imide groups is 1. The fourth-order valence-electron chi connectivity index (χ4n) is 6.69. The molecule has 0 unspecified atom stereocenters. The van der Waals surface area contributed by atoms with Crippen LogP contribution in [0.15, 0.2) is 41.0 Å². The first-order valence-electron chi connectivity index (χ1n) is 13.7. The first-order valence-corrected chi connectivity index (χ1v) is 13.7. The van der Waals surface area contributed by atoms with Crippen molar-refractivity contribution < 1.29 is 24.9 Å². The number of phenolic OH excluding ortho intramolecular Hbond substituents is 1. The maximum Gasteiger partial charge on any atom is 0.234 e. The van der Waals surface area contributed by atoms with Crippen molar-refractivity contribution in [2.24, 2.45) is 17.8 Å². The van der Waals surface area contributed by atoms with Crippen LogP contribution in [0.25, 0.3) is 6.08 Å². The Hall–Kier alpha value is -2.44. The number of amides is 2.